The van der Waals surface area contributed by atoms with Crippen molar-refractivity contribution in [2.75, 3.05) is 39.5 Å². The third-order valence-corrected chi connectivity index (χ3v) is 2.43. The Hall–Kier alpha value is -1.58. The van der Waals surface area contributed by atoms with E-state index in [0.717, 1.165) is 0 Å². The fourth-order valence-electron chi connectivity index (χ4n) is 1.38. The molecule has 19 heavy (non-hydrogen) atoms. The van der Waals surface area contributed by atoms with Crippen LogP contribution in [-0.4, -0.2) is 55.4 Å². The minimum absolute atomic E-state index is 0.0149. The molecule has 6 heteroatoms. The molecule has 0 aromatic carbocycles. The Bertz CT molecular complexity index is 324. The quantitative estimate of drug-likeness (QED) is 0.337. The van der Waals surface area contributed by atoms with Crippen LogP contribution in [0.15, 0.2) is 11.8 Å². The third kappa shape index (κ3) is 8.19. The second kappa shape index (κ2) is 11.5. The number of aliphatic hydroxyl groups is 1. The maximum atomic E-state index is 11.7. The number of rotatable bonds is 10. The molecule has 2 N–H and O–H groups in total. The van der Waals surface area contributed by atoms with E-state index >= 15 is 0 Å². The van der Waals surface area contributed by atoms with Crippen molar-refractivity contribution < 1.29 is 14.6 Å². The van der Waals surface area contributed by atoms with Gasteiger partial charge in [0.25, 0.3) is 5.91 Å². The number of nitrogens with zero attached hydrogens (tertiary/aromatic N) is 2. The molecule has 0 bridgehead atoms. The summed E-state index contributed by atoms with van der Waals surface area (Å²) in [5.74, 6) is -0.393. The second-order valence-electron chi connectivity index (χ2n) is 3.81. The van der Waals surface area contributed by atoms with Crippen LogP contribution >= 0.6 is 0 Å². The van der Waals surface area contributed by atoms with E-state index in [1.165, 1.54) is 6.20 Å². The number of aliphatic hydroxyl groups excluding tert-OH is 1. The van der Waals surface area contributed by atoms with Gasteiger partial charge in [-0.1, -0.05) is 0 Å². The first-order chi connectivity index (χ1) is 9.19. The molecule has 0 rings (SSSR count). The molecular weight excluding hydrogens is 246 g/mol. The van der Waals surface area contributed by atoms with Crippen LogP contribution < -0.4 is 5.32 Å². The predicted octanol–water partition coefficient (Wildman–Crippen LogP) is 0.251. The van der Waals surface area contributed by atoms with E-state index in [1.807, 2.05) is 19.9 Å². The summed E-state index contributed by atoms with van der Waals surface area (Å²) in [5.41, 5.74) is 0.0479. The first-order valence-electron chi connectivity index (χ1n) is 6.52. The van der Waals surface area contributed by atoms with Crippen molar-refractivity contribution in [1.82, 2.24) is 10.2 Å². The summed E-state index contributed by atoms with van der Waals surface area (Å²) in [5, 5.41) is 20.5. The standard InChI is InChI=1S/C13H23N3O3/c1-3-16(7-8-17)11-12(10-14)13(18)15-6-5-9-19-4-2/h11,17H,3-9H2,1-2H3,(H,15,18)/b12-11-. The van der Waals surface area contributed by atoms with E-state index in [9.17, 15) is 4.79 Å². The van der Waals surface area contributed by atoms with Crippen molar-refractivity contribution in [3.8, 4) is 6.07 Å². The molecule has 1 amide bonds. The monoisotopic (exact) mass is 269 g/mol. The Labute approximate surface area is 114 Å². The molecule has 0 aromatic rings. The lowest BCUT2D eigenvalue weighted by Crippen LogP contribution is -2.29. The van der Waals surface area contributed by atoms with Crippen LogP contribution in [0.4, 0.5) is 0 Å². The lowest BCUT2D eigenvalue weighted by atomic mass is 10.2. The smallest absolute Gasteiger partial charge is 0.263 e. The summed E-state index contributed by atoms with van der Waals surface area (Å²) >= 11 is 0. The van der Waals surface area contributed by atoms with Gasteiger partial charge in [0.05, 0.1) is 6.61 Å². The largest absolute Gasteiger partial charge is 0.395 e. The lowest BCUT2D eigenvalue weighted by molar-refractivity contribution is -0.117. The normalized spacial score (nSPS) is 10.9. The predicted molar refractivity (Wildman–Crippen MR) is 72.1 cm³/mol. The van der Waals surface area contributed by atoms with Crippen LogP contribution in [0.5, 0.6) is 0 Å². The minimum Gasteiger partial charge on any atom is -0.395 e. The number of nitriles is 1. The van der Waals surface area contributed by atoms with E-state index in [4.69, 9.17) is 15.1 Å². The molecule has 0 saturated heterocycles. The first-order valence-corrected chi connectivity index (χ1v) is 6.52. The molecule has 0 aliphatic heterocycles. The van der Waals surface area contributed by atoms with Crippen LogP contribution in [0.1, 0.15) is 20.3 Å². The highest BCUT2D eigenvalue weighted by atomic mass is 16.5. The highest BCUT2D eigenvalue weighted by molar-refractivity contribution is 5.97. The summed E-state index contributed by atoms with van der Waals surface area (Å²) in [6.45, 7) is 6.54. The fourth-order valence-corrected chi connectivity index (χ4v) is 1.38. The number of carbonyl (C=O) groups is 1. The Morgan fingerprint density at radius 3 is 2.79 bits per heavy atom. The van der Waals surface area contributed by atoms with E-state index in [2.05, 4.69) is 5.32 Å². The molecule has 108 valence electrons. The Morgan fingerprint density at radius 2 is 2.26 bits per heavy atom. The zero-order valence-electron chi connectivity index (χ0n) is 11.7. The molecule has 0 heterocycles. The maximum absolute atomic E-state index is 11.7. The molecule has 6 nitrogen and oxygen atoms in total. The van der Waals surface area contributed by atoms with Crippen LogP contribution in [0.3, 0.4) is 0 Å². The second-order valence-corrected chi connectivity index (χ2v) is 3.81. The van der Waals surface area contributed by atoms with E-state index < -0.39 is 5.91 Å². The van der Waals surface area contributed by atoms with Crippen molar-refractivity contribution in [3.05, 3.63) is 11.8 Å². The van der Waals surface area contributed by atoms with Crippen LogP contribution in [-0.2, 0) is 9.53 Å². The SMILES string of the molecule is CCOCCCNC(=O)/C(C#N)=C\N(CC)CCO. The van der Waals surface area contributed by atoms with Gasteiger partial charge in [-0.2, -0.15) is 5.26 Å². The van der Waals surface area contributed by atoms with Gasteiger partial charge in [-0.25, -0.2) is 0 Å². The van der Waals surface area contributed by atoms with Crippen molar-refractivity contribution in [2.24, 2.45) is 0 Å². The van der Waals surface area contributed by atoms with Crippen molar-refractivity contribution in [2.45, 2.75) is 20.3 Å². The number of amides is 1. The van der Waals surface area contributed by atoms with Gasteiger partial charge in [-0.15, -0.1) is 0 Å². The topological polar surface area (TPSA) is 85.6 Å². The Kier molecular flexibility index (Phi) is 10.6. The number of hydrogen-bond donors (Lipinski definition) is 2. The van der Waals surface area contributed by atoms with Gasteiger partial charge in [-0.05, 0) is 20.3 Å². The van der Waals surface area contributed by atoms with Gasteiger partial charge in [0, 0.05) is 39.0 Å². The van der Waals surface area contributed by atoms with Gasteiger partial charge < -0.3 is 20.1 Å². The summed E-state index contributed by atoms with van der Waals surface area (Å²) in [6, 6.07) is 1.87. The molecule has 0 unspecified atom stereocenters. The first kappa shape index (κ1) is 17.4. The van der Waals surface area contributed by atoms with E-state index in [0.29, 0.717) is 39.3 Å². The average molecular weight is 269 g/mol. The van der Waals surface area contributed by atoms with Crippen molar-refractivity contribution in [1.29, 1.82) is 5.26 Å². The summed E-state index contributed by atoms with van der Waals surface area (Å²) in [7, 11) is 0. The van der Waals surface area contributed by atoms with Gasteiger partial charge in [0.1, 0.15) is 11.6 Å². The molecule has 0 aliphatic carbocycles. The zero-order chi connectivity index (χ0) is 14.5. The molecule has 0 aromatic heterocycles. The molecule has 0 fully saturated rings. The number of nitrogens with one attached hydrogen (secondary N) is 1. The highest BCUT2D eigenvalue weighted by Gasteiger charge is 2.09. The zero-order valence-corrected chi connectivity index (χ0v) is 11.7. The maximum Gasteiger partial charge on any atom is 0.263 e. The van der Waals surface area contributed by atoms with Gasteiger partial charge >= 0.3 is 0 Å². The van der Waals surface area contributed by atoms with Gasteiger partial charge in [-0.3, -0.25) is 4.79 Å². The average Bonchev–Trinajstić information content (AvgIpc) is 2.42. The van der Waals surface area contributed by atoms with Crippen LogP contribution in [0, 0.1) is 11.3 Å². The number of carbonyl (C=O) groups excluding carboxylic acids is 1. The van der Waals surface area contributed by atoms with Gasteiger partial charge in [0.15, 0.2) is 0 Å². The molecular formula is C13H23N3O3. The molecule has 0 spiro atoms. The van der Waals surface area contributed by atoms with Crippen LogP contribution in [0.25, 0.3) is 0 Å². The Balaban J connectivity index is 4.23. The molecule has 0 atom stereocenters. The Morgan fingerprint density at radius 1 is 1.53 bits per heavy atom. The van der Waals surface area contributed by atoms with Crippen molar-refractivity contribution in [3.63, 3.8) is 0 Å². The molecule has 0 aliphatic rings. The van der Waals surface area contributed by atoms with Crippen LogP contribution in [0.2, 0.25) is 0 Å². The number of ether oxygens (including phenoxy) is 1. The number of hydrogen-bond acceptors (Lipinski definition) is 5. The van der Waals surface area contributed by atoms with E-state index in [1.54, 1.807) is 4.90 Å². The highest BCUT2D eigenvalue weighted by Crippen LogP contribution is 1.98. The van der Waals surface area contributed by atoms with Crippen molar-refractivity contribution >= 4 is 5.91 Å². The summed E-state index contributed by atoms with van der Waals surface area (Å²) < 4.78 is 5.15. The van der Waals surface area contributed by atoms with Gasteiger partial charge in [0.2, 0.25) is 0 Å². The molecule has 0 saturated carbocycles. The third-order valence-electron chi connectivity index (χ3n) is 2.43. The number of likely N-dealkylation sites (N-methyl/N-ethyl adjacent to an activating group) is 1. The minimum atomic E-state index is -0.393. The fraction of sp³-hybridized carbons (Fsp3) is 0.692. The lowest BCUT2D eigenvalue weighted by Gasteiger charge is -2.17. The van der Waals surface area contributed by atoms with E-state index in [-0.39, 0.29) is 12.2 Å². The molecule has 0 radical (unpaired) electrons. The summed E-state index contributed by atoms with van der Waals surface area (Å²) in [4.78, 5) is 13.5. The summed E-state index contributed by atoms with van der Waals surface area (Å²) in [6.07, 6.45) is 2.19.